The third-order valence-corrected chi connectivity index (χ3v) is 2.15. The minimum Gasteiger partial charge on any atom is -0.465 e. The average molecular weight is 289 g/mol. The fourth-order valence-corrected chi connectivity index (χ4v) is 1.30. The monoisotopic (exact) mass is 289 g/mol. The molecule has 0 aromatic heterocycles. The molecule has 0 bridgehead atoms. The zero-order chi connectivity index (χ0) is 15.2. The SMILES string of the molecule is O=C(CN([CH]c1ccccc1)C(=O)O)NCC(F)(F)F. The van der Waals surface area contributed by atoms with Crippen LogP contribution in [0.3, 0.4) is 0 Å². The van der Waals surface area contributed by atoms with Gasteiger partial charge in [0.15, 0.2) is 0 Å². The first kappa shape index (κ1) is 15.8. The minimum atomic E-state index is -4.53. The molecule has 0 saturated heterocycles. The molecular weight excluding hydrogens is 277 g/mol. The van der Waals surface area contributed by atoms with Crippen molar-refractivity contribution >= 4 is 12.0 Å². The van der Waals surface area contributed by atoms with E-state index >= 15 is 0 Å². The van der Waals surface area contributed by atoms with Crippen molar-refractivity contribution in [2.75, 3.05) is 13.1 Å². The van der Waals surface area contributed by atoms with Crippen molar-refractivity contribution in [3.05, 3.63) is 42.4 Å². The van der Waals surface area contributed by atoms with Crippen molar-refractivity contribution in [3.8, 4) is 0 Å². The van der Waals surface area contributed by atoms with Crippen LogP contribution in [0.15, 0.2) is 30.3 Å². The average Bonchev–Trinajstić information content (AvgIpc) is 2.36. The maximum absolute atomic E-state index is 11.9. The van der Waals surface area contributed by atoms with Crippen LogP contribution in [0, 0.1) is 6.54 Å². The van der Waals surface area contributed by atoms with Gasteiger partial charge in [0, 0.05) is 0 Å². The van der Waals surface area contributed by atoms with E-state index in [0.29, 0.717) is 10.5 Å². The Balaban J connectivity index is 2.55. The summed E-state index contributed by atoms with van der Waals surface area (Å²) < 4.78 is 35.7. The van der Waals surface area contributed by atoms with E-state index in [1.807, 2.05) is 0 Å². The lowest BCUT2D eigenvalue weighted by Crippen LogP contribution is -2.42. The Kier molecular flexibility index (Phi) is 5.36. The van der Waals surface area contributed by atoms with Gasteiger partial charge in [0.1, 0.15) is 13.1 Å². The van der Waals surface area contributed by atoms with Gasteiger partial charge < -0.3 is 10.4 Å². The van der Waals surface area contributed by atoms with Gasteiger partial charge in [-0.05, 0) is 5.56 Å². The number of amides is 2. The summed E-state index contributed by atoms with van der Waals surface area (Å²) in [7, 11) is 0. The maximum atomic E-state index is 11.9. The van der Waals surface area contributed by atoms with Gasteiger partial charge in [-0.3, -0.25) is 9.69 Å². The molecule has 0 spiro atoms. The number of hydrogen-bond acceptors (Lipinski definition) is 2. The Labute approximate surface area is 113 Å². The molecular formula is C12H12F3N2O3. The summed E-state index contributed by atoms with van der Waals surface area (Å²) in [5.41, 5.74) is 0.513. The lowest BCUT2D eigenvalue weighted by molar-refractivity contribution is -0.138. The van der Waals surface area contributed by atoms with Crippen LogP contribution in [0.2, 0.25) is 0 Å². The number of nitrogens with zero attached hydrogens (tertiary/aromatic N) is 1. The second-order valence-electron chi connectivity index (χ2n) is 3.84. The summed E-state index contributed by atoms with van der Waals surface area (Å²) in [6.45, 7) is -1.04. The van der Waals surface area contributed by atoms with Crippen LogP contribution >= 0.6 is 0 Å². The van der Waals surface area contributed by atoms with Crippen LogP contribution in [-0.4, -0.2) is 41.3 Å². The zero-order valence-corrected chi connectivity index (χ0v) is 10.2. The van der Waals surface area contributed by atoms with Crippen LogP contribution in [-0.2, 0) is 4.79 Å². The van der Waals surface area contributed by atoms with Crippen molar-refractivity contribution < 1.29 is 27.9 Å². The van der Waals surface area contributed by atoms with Crippen LogP contribution in [0.4, 0.5) is 18.0 Å². The highest BCUT2D eigenvalue weighted by molar-refractivity contribution is 5.82. The molecule has 1 aromatic rings. The molecule has 0 saturated carbocycles. The summed E-state index contributed by atoms with van der Waals surface area (Å²) in [5, 5.41) is 10.5. The van der Waals surface area contributed by atoms with Gasteiger partial charge in [-0.15, -0.1) is 0 Å². The molecule has 0 fully saturated rings. The van der Waals surface area contributed by atoms with Gasteiger partial charge in [-0.25, -0.2) is 4.79 Å². The first-order valence-corrected chi connectivity index (χ1v) is 5.51. The van der Waals surface area contributed by atoms with E-state index in [1.165, 1.54) is 0 Å². The van der Waals surface area contributed by atoms with E-state index in [4.69, 9.17) is 5.11 Å². The summed E-state index contributed by atoms with van der Waals surface area (Å²) in [6.07, 6.45) is -5.97. The van der Waals surface area contributed by atoms with Gasteiger partial charge in [0.25, 0.3) is 0 Å². The highest BCUT2D eigenvalue weighted by Crippen LogP contribution is 2.12. The van der Waals surface area contributed by atoms with E-state index in [9.17, 15) is 22.8 Å². The molecule has 0 aliphatic rings. The fraction of sp³-hybridized carbons (Fsp3) is 0.250. The number of nitrogens with one attached hydrogen (secondary N) is 1. The first-order chi connectivity index (χ1) is 9.28. The van der Waals surface area contributed by atoms with Crippen LogP contribution in [0.1, 0.15) is 5.56 Å². The molecule has 0 unspecified atom stereocenters. The summed E-state index contributed by atoms with van der Waals surface area (Å²) in [5.74, 6) is -1.03. The maximum Gasteiger partial charge on any atom is 0.408 e. The molecule has 0 atom stereocenters. The number of hydrogen-bond donors (Lipinski definition) is 2. The molecule has 1 radical (unpaired) electrons. The van der Waals surface area contributed by atoms with Gasteiger partial charge in [0.2, 0.25) is 5.91 Å². The van der Waals surface area contributed by atoms with Gasteiger partial charge >= 0.3 is 12.3 Å². The van der Waals surface area contributed by atoms with Crippen molar-refractivity contribution in [3.63, 3.8) is 0 Å². The quantitative estimate of drug-likeness (QED) is 0.869. The molecule has 2 N–H and O–H groups in total. The third kappa shape index (κ3) is 6.07. The van der Waals surface area contributed by atoms with Gasteiger partial charge in [0.05, 0.1) is 6.54 Å². The number of carboxylic acid groups (broad SMARTS) is 1. The number of halogens is 3. The lowest BCUT2D eigenvalue weighted by Gasteiger charge is -2.18. The Hall–Kier alpha value is -2.25. The summed E-state index contributed by atoms with van der Waals surface area (Å²) in [4.78, 5) is 22.8. The third-order valence-electron chi connectivity index (χ3n) is 2.15. The molecule has 1 aromatic carbocycles. The van der Waals surface area contributed by atoms with Crippen molar-refractivity contribution in [1.82, 2.24) is 10.2 Å². The smallest absolute Gasteiger partial charge is 0.408 e. The van der Waals surface area contributed by atoms with Gasteiger partial charge in [-0.2, -0.15) is 13.2 Å². The number of carbonyl (C=O) groups excluding carboxylic acids is 1. The molecule has 0 aliphatic heterocycles. The second kappa shape index (κ2) is 6.78. The van der Waals surface area contributed by atoms with E-state index in [2.05, 4.69) is 0 Å². The molecule has 109 valence electrons. The van der Waals surface area contributed by atoms with E-state index in [0.717, 1.165) is 6.54 Å². The molecule has 5 nitrogen and oxygen atoms in total. The molecule has 0 aliphatic carbocycles. The topological polar surface area (TPSA) is 69.6 Å². The van der Waals surface area contributed by atoms with E-state index in [-0.39, 0.29) is 0 Å². The molecule has 2 amide bonds. The van der Waals surface area contributed by atoms with Crippen LogP contribution in [0.5, 0.6) is 0 Å². The Bertz CT molecular complexity index is 463. The Morgan fingerprint density at radius 2 is 1.85 bits per heavy atom. The largest absolute Gasteiger partial charge is 0.465 e. The highest BCUT2D eigenvalue weighted by atomic mass is 19.4. The van der Waals surface area contributed by atoms with Gasteiger partial charge in [-0.1, -0.05) is 30.3 Å². The number of carbonyl (C=O) groups is 2. The zero-order valence-electron chi connectivity index (χ0n) is 10.2. The number of benzene rings is 1. The molecule has 8 heteroatoms. The summed E-state index contributed by atoms with van der Waals surface area (Å²) >= 11 is 0. The predicted molar refractivity (Wildman–Crippen MR) is 63.6 cm³/mol. The second-order valence-corrected chi connectivity index (χ2v) is 3.84. The molecule has 20 heavy (non-hydrogen) atoms. The normalized spacial score (nSPS) is 10.9. The summed E-state index contributed by atoms with van der Waals surface area (Å²) in [6, 6.07) is 8.25. The Morgan fingerprint density at radius 3 is 2.35 bits per heavy atom. The minimum absolute atomic E-state index is 0.513. The number of rotatable bonds is 5. The molecule has 1 rings (SSSR count). The Morgan fingerprint density at radius 1 is 1.25 bits per heavy atom. The lowest BCUT2D eigenvalue weighted by atomic mass is 10.2. The fourth-order valence-electron chi connectivity index (χ4n) is 1.30. The first-order valence-electron chi connectivity index (χ1n) is 5.51. The molecule has 0 heterocycles. The van der Waals surface area contributed by atoms with Crippen LogP contribution < -0.4 is 5.32 Å². The predicted octanol–water partition coefficient (Wildman–Crippen LogP) is 1.85. The van der Waals surface area contributed by atoms with E-state index < -0.39 is 31.3 Å². The highest BCUT2D eigenvalue weighted by Gasteiger charge is 2.28. The van der Waals surface area contributed by atoms with Crippen molar-refractivity contribution in [1.29, 1.82) is 0 Å². The van der Waals surface area contributed by atoms with Crippen molar-refractivity contribution in [2.24, 2.45) is 0 Å². The van der Waals surface area contributed by atoms with E-state index in [1.54, 1.807) is 35.6 Å². The van der Waals surface area contributed by atoms with Crippen molar-refractivity contribution in [2.45, 2.75) is 6.18 Å². The number of alkyl halides is 3. The van der Waals surface area contributed by atoms with Crippen LogP contribution in [0.25, 0.3) is 0 Å². The standard InChI is InChI=1S/C12H12F3N2O3/c13-12(14,15)8-16-10(18)7-17(11(19)20)6-9-4-2-1-3-5-9/h1-6H,7-8H2,(H,16,18)(H,19,20).